The van der Waals surface area contributed by atoms with Crippen molar-refractivity contribution in [3.63, 3.8) is 0 Å². The van der Waals surface area contributed by atoms with E-state index in [4.69, 9.17) is 10.00 Å². The van der Waals surface area contributed by atoms with E-state index in [0.29, 0.717) is 18.1 Å². The van der Waals surface area contributed by atoms with Gasteiger partial charge in [-0.15, -0.1) is 0 Å². The number of ether oxygens (including phenoxy) is 1. The predicted molar refractivity (Wildman–Crippen MR) is 126 cm³/mol. The molecular weight excluding hydrogens is 398 g/mol. The molecule has 1 saturated heterocycles. The molecule has 0 aliphatic carbocycles. The van der Waals surface area contributed by atoms with E-state index in [1.807, 2.05) is 42.5 Å². The molecule has 1 aliphatic rings. The Bertz CT molecular complexity index is 1080. The maximum absolute atomic E-state index is 9.09. The molecule has 0 spiro atoms. The van der Waals surface area contributed by atoms with Crippen molar-refractivity contribution in [2.24, 2.45) is 5.92 Å². The molecule has 4 rings (SSSR count). The first-order valence-electron chi connectivity index (χ1n) is 10.9. The molecule has 32 heavy (non-hydrogen) atoms. The summed E-state index contributed by atoms with van der Waals surface area (Å²) in [5.41, 5.74) is 4.52. The first-order valence-corrected chi connectivity index (χ1v) is 10.9. The van der Waals surface area contributed by atoms with Crippen molar-refractivity contribution in [2.75, 3.05) is 19.6 Å². The molecule has 3 aromatic rings. The molecule has 6 nitrogen and oxygen atoms in total. The second kappa shape index (κ2) is 11.2. The summed E-state index contributed by atoms with van der Waals surface area (Å²) in [4.78, 5) is 8.46. The Morgan fingerprint density at radius 1 is 1.16 bits per heavy atom. The Morgan fingerprint density at radius 2 is 2.09 bits per heavy atom. The Kier molecular flexibility index (Phi) is 7.59. The molecule has 1 unspecified atom stereocenters. The lowest BCUT2D eigenvalue weighted by atomic mass is 10.1. The van der Waals surface area contributed by atoms with E-state index in [-0.39, 0.29) is 0 Å². The van der Waals surface area contributed by atoms with Crippen LogP contribution in [-0.4, -0.2) is 29.6 Å². The van der Waals surface area contributed by atoms with E-state index in [1.165, 1.54) is 6.42 Å². The van der Waals surface area contributed by atoms with E-state index >= 15 is 0 Å². The number of benzene rings is 1. The van der Waals surface area contributed by atoms with E-state index in [0.717, 1.165) is 54.3 Å². The lowest BCUT2D eigenvalue weighted by Crippen LogP contribution is -2.24. The normalized spacial score (nSPS) is 15.7. The third-order valence-corrected chi connectivity index (χ3v) is 5.38. The molecule has 3 heterocycles. The maximum Gasteiger partial charge on any atom is 0.130 e. The molecule has 0 saturated carbocycles. The number of aromatic nitrogens is 2. The molecule has 2 aromatic heterocycles. The molecule has 0 radical (unpaired) electrons. The van der Waals surface area contributed by atoms with Gasteiger partial charge in [-0.05, 0) is 79.0 Å². The largest absolute Gasteiger partial charge is 0.487 e. The van der Waals surface area contributed by atoms with Gasteiger partial charge in [0.1, 0.15) is 18.4 Å². The molecule has 0 amide bonds. The molecule has 1 atom stereocenters. The number of nitriles is 1. The molecule has 2 N–H and O–H groups in total. The summed E-state index contributed by atoms with van der Waals surface area (Å²) >= 11 is 0. The molecule has 162 valence electrons. The quantitative estimate of drug-likeness (QED) is 0.543. The van der Waals surface area contributed by atoms with Crippen LogP contribution >= 0.6 is 0 Å². The molecule has 1 fully saturated rings. The van der Waals surface area contributed by atoms with Crippen LogP contribution in [0, 0.1) is 17.2 Å². The van der Waals surface area contributed by atoms with Crippen molar-refractivity contribution in [3.8, 4) is 11.8 Å². The fourth-order valence-electron chi connectivity index (χ4n) is 3.72. The third-order valence-electron chi connectivity index (χ3n) is 5.38. The van der Waals surface area contributed by atoms with E-state index in [9.17, 15) is 0 Å². The fourth-order valence-corrected chi connectivity index (χ4v) is 3.72. The monoisotopic (exact) mass is 425 g/mol. The van der Waals surface area contributed by atoms with Gasteiger partial charge in [-0.25, -0.2) is 0 Å². The average molecular weight is 426 g/mol. The van der Waals surface area contributed by atoms with Gasteiger partial charge in [0, 0.05) is 25.1 Å². The summed E-state index contributed by atoms with van der Waals surface area (Å²) in [6, 6.07) is 16.0. The summed E-state index contributed by atoms with van der Waals surface area (Å²) < 4.78 is 6.05. The first-order chi connectivity index (χ1) is 15.8. The summed E-state index contributed by atoms with van der Waals surface area (Å²) in [7, 11) is 0. The maximum atomic E-state index is 9.09. The van der Waals surface area contributed by atoms with Gasteiger partial charge < -0.3 is 15.4 Å². The Hall–Kier alpha value is -3.53. The molecule has 0 bridgehead atoms. The Balaban J connectivity index is 1.48. The summed E-state index contributed by atoms with van der Waals surface area (Å²) in [6.45, 7) is 4.40. The van der Waals surface area contributed by atoms with Crippen molar-refractivity contribution < 1.29 is 4.74 Å². The van der Waals surface area contributed by atoms with Crippen molar-refractivity contribution in [3.05, 3.63) is 89.0 Å². The number of hydrogen-bond donors (Lipinski definition) is 2. The van der Waals surface area contributed by atoms with Crippen LogP contribution in [0.3, 0.4) is 0 Å². The fraction of sp³-hybridized carbons (Fsp3) is 0.269. The van der Waals surface area contributed by atoms with Crippen LogP contribution < -0.4 is 15.4 Å². The number of nitrogens with one attached hydrogen (secondary N) is 2. The smallest absolute Gasteiger partial charge is 0.130 e. The van der Waals surface area contributed by atoms with Crippen LogP contribution in [0.4, 0.5) is 0 Å². The zero-order valence-corrected chi connectivity index (χ0v) is 18.0. The van der Waals surface area contributed by atoms with Gasteiger partial charge in [0.05, 0.1) is 11.3 Å². The van der Waals surface area contributed by atoms with Crippen LogP contribution in [-0.2, 0) is 13.2 Å². The van der Waals surface area contributed by atoms with Gasteiger partial charge in [-0.3, -0.25) is 9.97 Å². The highest BCUT2D eigenvalue weighted by atomic mass is 16.5. The Labute approximate surface area is 189 Å². The minimum Gasteiger partial charge on any atom is -0.487 e. The number of pyridine rings is 2. The van der Waals surface area contributed by atoms with E-state index in [2.05, 4.69) is 38.8 Å². The van der Waals surface area contributed by atoms with Gasteiger partial charge in [-0.1, -0.05) is 24.3 Å². The van der Waals surface area contributed by atoms with Crippen molar-refractivity contribution in [1.29, 1.82) is 5.26 Å². The van der Waals surface area contributed by atoms with Gasteiger partial charge in [0.15, 0.2) is 0 Å². The minimum atomic E-state index is 0.419. The zero-order chi connectivity index (χ0) is 22.0. The van der Waals surface area contributed by atoms with Gasteiger partial charge in [0.25, 0.3) is 0 Å². The lowest BCUT2D eigenvalue weighted by Gasteiger charge is -2.13. The van der Waals surface area contributed by atoms with Gasteiger partial charge in [0.2, 0.25) is 0 Å². The van der Waals surface area contributed by atoms with E-state index < -0.39 is 0 Å². The highest BCUT2D eigenvalue weighted by Crippen LogP contribution is 2.21. The van der Waals surface area contributed by atoms with Gasteiger partial charge >= 0.3 is 0 Å². The van der Waals surface area contributed by atoms with Crippen molar-refractivity contribution >= 4 is 12.2 Å². The molecule has 1 aliphatic heterocycles. The molecule has 1 aromatic carbocycles. The minimum absolute atomic E-state index is 0.419. The highest BCUT2D eigenvalue weighted by Gasteiger charge is 2.13. The van der Waals surface area contributed by atoms with Crippen molar-refractivity contribution in [1.82, 2.24) is 20.6 Å². The summed E-state index contributed by atoms with van der Waals surface area (Å²) in [6.07, 6.45) is 10.3. The van der Waals surface area contributed by atoms with Crippen LogP contribution in [0.2, 0.25) is 0 Å². The van der Waals surface area contributed by atoms with Gasteiger partial charge in [-0.2, -0.15) is 5.26 Å². The SMILES string of the molecule is N#Cc1cncc(/C=C/c2cc(CNCC3CCNC3)cc(OCc3ccccn3)c2)c1. The highest BCUT2D eigenvalue weighted by molar-refractivity contribution is 5.70. The summed E-state index contributed by atoms with van der Waals surface area (Å²) in [5.74, 6) is 1.50. The van der Waals surface area contributed by atoms with Crippen molar-refractivity contribution in [2.45, 2.75) is 19.6 Å². The number of hydrogen-bond acceptors (Lipinski definition) is 6. The van der Waals surface area contributed by atoms with Crippen LogP contribution in [0.5, 0.6) is 5.75 Å². The zero-order valence-electron chi connectivity index (χ0n) is 18.0. The van der Waals surface area contributed by atoms with Crippen LogP contribution in [0.1, 0.15) is 34.4 Å². The third kappa shape index (κ3) is 6.48. The average Bonchev–Trinajstić information content (AvgIpc) is 3.36. The van der Waals surface area contributed by atoms with Crippen LogP contribution in [0.25, 0.3) is 12.2 Å². The first kappa shape index (κ1) is 21.7. The predicted octanol–water partition coefficient (Wildman–Crippen LogP) is 3.80. The Morgan fingerprint density at radius 3 is 2.91 bits per heavy atom. The molecular formula is C26H27N5O. The number of rotatable bonds is 9. The topological polar surface area (TPSA) is 82.9 Å². The standard InChI is InChI=1S/C26H27N5O/c27-13-24-10-21(14-29-18-24)5-4-20-9-23(17-30-16-22-6-8-28-15-22)12-26(11-20)32-19-25-3-1-2-7-31-25/h1-5,7,9-12,14,18,22,28,30H,6,8,15-17,19H2/b5-4+. The van der Waals surface area contributed by atoms with Crippen LogP contribution in [0.15, 0.2) is 61.1 Å². The second-order valence-corrected chi connectivity index (χ2v) is 7.96. The molecule has 6 heteroatoms. The second-order valence-electron chi connectivity index (χ2n) is 7.96. The number of nitrogens with zero attached hydrogens (tertiary/aromatic N) is 3. The van der Waals surface area contributed by atoms with E-state index in [1.54, 1.807) is 18.6 Å². The summed E-state index contributed by atoms with van der Waals surface area (Å²) in [5, 5.41) is 16.1. The lowest BCUT2D eigenvalue weighted by molar-refractivity contribution is 0.301.